The van der Waals surface area contributed by atoms with Gasteiger partial charge in [-0.05, 0) is 68.1 Å². The molecule has 4 rings (SSSR count). The normalized spacial score (nSPS) is 19.4. The number of rotatable bonds is 6. The van der Waals surface area contributed by atoms with Gasteiger partial charge in [0.2, 0.25) is 11.8 Å². The molecule has 226 valence electrons. The van der Waals surface area contributed by atoms with Crippen LogP contribution >= 0.6 is 0 Å². The number of carboxylic acids is 1. The lowest BCUT2D eigenvalue weighted by molar-refractivity contribution is -0.140. The lowest BCUT2D eigenvalue weighted by Crippen LogP contribution is -2.60. The number of amides is 3. The van der Waals surface area contributed by atoms with Crippen LogP contribution in [0.3, 0.4) is 0 Å². The van der Waals surface area contributed by atoms with E-state index in [1.165, 1.54) is 17.0 Å². The van der Waals surface area contributed by atoms with Crippen molar-refractivity contribution >= 4 is 29.4 Å². The Hall–Kier alpha value is -4.16. The van der Waals surface area contributed by atoms with Crippen LogP contribution in [0.25, 0.3) is 0 Å². The average Bonchev–Trinajstić information content (AvgIpc) is 3.11. The summed E-state index contributed by atoms with van der Waals surface area (Å²) in [5, 5.41) is 11.7. The first-order chi connectivity index (χ1) is 19.6. The molecule has 2 heterocycles. The fraction of sp³-hybridized carbons (Fsp3) is 0.448. The summed E-state index contributed by atoms with van der Waals surface area (Å²) in [6.07, 6.45) is -4.64. The van der Waals surface area contributed by atoms with Crippen molar-refractivity contribution in [3.8, 4) is 0 Å². The van der Waals surface area contributed by atoms with Crippen LogP contribution in [0.5, 0.6) is 0 Å². The number of nitrogens with zero attached hydrogens (tertiary/aromatic N) is 3. The fourth-order valence-electron chi connectivity index (χ4n) is 5.72. The molecule has 2 N–H and O–H groups in total. The van der Waals surface area contributed by atoms with Gasteiger partial charge in [0.05, 0.1) is 16.7 Å². The third-order valence-electron chi connectivity index (χ3n) is 8.17. The number of likely N-dealkylation sites (N-methyl/N-ethyl adjacent to an activating group) is 1. The van der Waals surface area contributed by atoms with Gasteiger partial charge in [-0.1, -0.05) is 13.8 Å². The van der Waals surface area contributed by atoms with Crippen molar-refractivity contribution < 1.29 is 41.8 Å². The number of likely N-dealkylation sites (tertiary alicyclic amines) is 1. The Morgan fingerprint density at radius 2 is 1.64 bits per heavy atom. The minimum absolute atomic E-state index is 0.103. The maximum absolute atomic E-state index is 14.3. The molecule has 0 aromatic heterocycles. The molecule has 42 heavy (non-hydrogen) atoms. The van der Waals surface area contributed by atoms with Gasteiger partial charge in [-0.15, -0.1) is 0 Å². The van der Waals surface area contributed by atoms with E-state index < -0.39 is 58.4 Å². The standard InChI is InChI=1S/C29H32F4N4O5/c1-16(2)23(34-24(38)21-15-19(29(31,32)33)7-10-22(21)30)25(39)36-13-11-28(12-14-36)27(42)35(4)17(3)37(28)20-8-5-18(6-9-20)26(40)41/h5-10,15-17,23H,11-14H2,1-4H3,(H,34,38)(H,40,41)/t17-,23?/m1/s1. The summed E-state index contributed by atoms with van der Waals surface area (Å²) in [5.41, 5.74) is -2.25. The number of hydrogen-bond acceptors (Lipinski definition) is 5. The van der Waals surface area contributed by atoms with E-state index in [9.17, 15) is 41.8 Å². The summed E-state index contributed by atoms with van der Waals surface area (Å²) in [6.45, 7) is 5.44. The molecule has 0 aliphatic carbocycles. The second-order valence-corrected chi connectivity index (χ2v) is 11.0. The van der Waals surface area contributed by atoms with Gasteiger partial charge in [-0.25, -0.2) is 9.18 Å². The molecule has 2 aromatic rings. The monoisotopic (exact) mass is 592 g/mol. The molecule has 2 aromatic carbocycles. The Bertz CT molecular complexity index is 1390. The second kappa shape index (κ2) is 11.3. The quantitative estimate of drug-likeness (QED) is 0.492. The molecule has 13 heteroatoms. The van der Waals surface area contributed by atoms with Gasteiger partial charge in [0, 0.05) is 25.8 Å². The molecular weight excluding hydrogens is 560 g/mol. The second-order valence-electron chi connectivity index (χ2n) is 11.0. The molecule has 1 spiro atoms. The maximum atomic E-state index is 14.3. The van der Waals surface area contributed by atoms with Gasteiger partial charge in [-0.3, -0.25) is 14.4 Å². The number of benzene rings is 2. The zero-order valence-electron chi connectivity index (χ0n) is 23.5. The number of carbonyl (C=O) groups is 4. The predicted octanol–water partition coefficient (Wildman–Crippen LogP) is 3.98. The molecule has 2 atom stereocenters. The molecule has 0 radical (unpaired) electrons. The maximum Gasteiger partial charge on any atom is 0.416 e. The lowest BCUT2D eigenvalue weighted by atomic mass is 9.84. The lowest BCUT2D eigenvalue weighted by Gasteiger charge is -2.45. The molecule has 2 aliphatic heterocycles. The topological polar surface area (TPSA) is 110 Å². The summed E-state index contributed by atoms with van der Waals surface area (Å²) in [6, 6.07) is 6.56. The van der Waals surface area contributed by atoms with Gasteiger partial charge in [0.25, 0.3) is 5.91 Å². The number of carboxylic acid groups (broad SMARTS) is 1. The third-order valence-corrected chi connectivity index (χ3v) is 8.17. The number of hydrogen-bond donors (Lipinski definition) is 2. The van der Waals surface area contributed by atoms with Crippen molar-refractivity contribution in [1.82, 2.24) is 15.1 Å². The van der Waals surface area contributed by atoms with Gasteiger partial charge in [0.1, 0.15) is 23.6 Å². The average molecular weight is 593 g/mol. The van der Waals surface area contributed by atoms with Crippen molar-refractivity contribution in [2.45, 2.75) is 57.5 Å². The van der Waals surface area contributed by atoms with Crippen LogP contribution in [-0.4, -0.2) is 76.5 Å². The van der Waals surface area contributed by atoms with Crippen molar-refractivity contribution in [1.29, 1.82) is 0 Å². The number of anilines is 1. The molecular formula is C29H32F4N4O5. The summed E-state index contributed by atoms with van der Waals surface area (Å²) < 4.78 is 53.8. The molecule has 3 amide bonds. The molecule has 9 nitrogen and oxygen atoms in total. The van der Waals surface area contributed by atoms with Crippen LogP contribution in [0.2, 0.25) is 0 Å². The number of aromatic carboxylic acids is 1. The minimum atomic E-state index is -4.78. The van der Waals surface area contributed by atoms with E-state index in [-0.39, 0.29) is 43.6 Å². The summed E-state index contributed by atoms with van der Waals surface area (Å²) >= 11 is 0. The van der Waals surface area contributed by atoms with Crippen LogP contribution in [-0.2, 0) is 15.8 Å². The Labute approximate surface area is 240 Å². The van der Waals surface area contributed by atoms with Crippen LogP contribution in [0, 0.1) is 11.7 Å². The number of alkyl halides is 3. The highest BCUT2D eigenvalue weighted by Crippen LogP contribution is 2.42. The summed E-state index contributed by atoms with van der Waals surface area (Å²) in [4.78, 5) is 56.3. The van der Waals surface area contributed by atoms with Crippen LogP contribution in [0.4, 0.5) is 23.2 Å². The van der Waals surface area contributed by atoms with E-state index in [1.54, 1.807) is 37.9 Å². The summed E-state index contributed by atoms with van der Waals surface area (Å²) in [7, 11) is 1.68. The van der Waals surface area contributed by atoms with Gasteiger partial charge in [0.15, 0.2) is 0 Å². The number of piperidine rings is 1. The zero-order chi connectivity index (χ0) is 31.1. The predicted molar refractivity (Wildman–Crippen MR) is 144 cm³/mol. The van der Waals surface area contributed by atoms with Gasteiger partial charge in [-0.2, -0.15) is 13.2 Å². The van der Waals surface area contributed by atoms with Gasteiger partial charge < -0.3 is 25.1 Å². The Kier molecular flexibility index (Phi) is 8.25. The first kappa shape index (κ1) is 30.8. The highest BCUT2D eigenvalue weighted by Gasteiger charge is 2.56. The van der Waals surface area contributed by atoms with E-state index in [4.69, 9.17) is 0 Å². The largest absolute Gasteiger partial charge is 0.478 e. The minimum Gasteiger partial charge on any atom is -0.478 e. The molecule has 0 bridgehead atoms. The Balaban J connectivity index is 1.53. The van der Waals surface area contributed by atoms with E-state index >= 15 is 0 Å². The van der Waals surface area contributed by atoms with Crippen molar-refractivity contribution in [3.63, 3.8) is 0 Å². The first-order valence-electron chi connectivity index (χ1n) is 13.4. The molecule has 1 unspecified atom stereocenters. The van der Waals surface area contributed by atoms with E-state index in [0.717, 1.165) is 0 Å². The summed E-state index contributed by atoms with van der Waals surface area (Å²) in [5.74, 6) is -4.48. The molecule has 2 aliphatic rings. The van der Waals surface area contributed by atoms with Crippen molar-refractivity contribution in [2.24, 2.45) is 5.92 Å². The van der Waals surface area contributed by atoms with E-state index in [1.807, 2.05) is 11.8 Å². The van der Waals surface area contributed by atoms with Crippen LogP contribution in [0.1, 0.15) is 59.9 Å². The number of nitrogens with one attached hydrogen (secondary N) is 1. The zero-order valence-corrected chi connectivity index (χ0v) is 23.5. The Morgan fingerprint density at radius 3 is 2.17 bits per heavy atom. The fourth-order valence-corrected chi connectivity index (χ4v) is 5.72. The van der Waals surface area contributed by atoms with Gasteiger partial charge >= 0.3 is 12.1 Å². The Morgan fingerprint density at radius 1 is 1.05 bits per heavy atom. The molecule has 0 saturated carbocycles. The van der Waals surface area contributed by atoms with E-state index in [0.29, 0.717) is 23.9 Å². The number of carbonyl (C=O) groups excluding carboxylic acids is 3. The molecule has 2 saturated heterocycles. The SMILES string of the molecule is CC(C)C(NC(=O)c1cc(C(F)(F)F)ccc1F)C(=O)N1CCC2(CC1)C(=O)N(C)[C@@H](C)N2c1ccc(C(=O)O)cc1. The third kappa shape index (κ3) is 5.51. The van der Waals surface area contributed by atoms with Crippen LogP contribution in [0.15, 0.2) is 42.5 Å². The molecule has 2 fully saturated rings. The van der Waals surface area contributed by atoms with Crippen molar-refractivity contribution in [2.75, 3.05) is 25.0 Å². The first-order valence-corrected chi connectivity index (χ1v) is 13.4. The van der Waals surface area contributed by atoms with Crippen LogP contribution < -0.4 is 10.2 Å². The smallest absolute Gasteiger partial charge is 0.416 e. The number of halogens is 4. The van der Waals surface area contributed by atoms with Crippen molar-refractivity contribution in [3.05, 3.63) is 65.0 Å². The van der Waals surface area contributed by atoms with E-state index in [2.05, 4.69) is 5.32 Å². The highest BCUT2D eigenvalue weighted by atomic mass is 19.4. The highest BCUT2D eigenvalue weighted by molar-refractivity contribution is 5.98.